The maximum atomic E-state index is 12.1. The molecule has 0 spiro atoms. The number of carbonyl (C=O) groups excluding carboxylic acids is 1. The molecular weight excluding hydrogens is 324 g/mol. The average Bonchev–Trinajstić information content (AvgIpc) is 2.97. The van der Waals surface area contributed by atoms with Crippen molar-refractivity contribution >= 4 is 5.91 Å². The van der Waals surface area contributed by atoms with Crippen molar-refractivity contribution in [3.8, 4) is 0 Å². The fraction of sp³-hybridized carbons (Fsp3) is 0.353. The van der Waals surface area contributed by atoms with E-state index in [4.69, 9.17) is 10.5 Å². The van der Waals surface area contributed by atoms with Gasteiger partial charge in [-0.25, -0.2) is 4.79 Å². The molecule has 0 radical (unpaired) electrons. The second-order valence-electron chi connectivity index (χ2n) is 6.08. The first kappa shape index (κ1) is 17.1. The summed E-state index contributed by atoms with van der Waals surface area (Å²) in [7, 11) is 0. The summed E-state index contributed by atoms with van der Waals surface area (Å²) in [6, 6.07) is 8.51. The highest BCUT2D eigenvalue weighted by Crippen LogP contribution is 2.26. The van der Waals surface area contributed by atoms with Gasteiger partial charge in [-0.05, 0) is 19.1 Å². The Morgan fingerprint density at radius 2 is 2.08 bits per heavy atom. The molecule has 132 valence electrons. The molecule has 1 aromatic carbocycles. The number of aromatic nitrogens is 2. The summed E-state index contributed by atoms with van der Waals surface area (Å²) >= 11 is 0. The van der Waals surface area contributed by atoms with Crippen molar-refractivity contribution < 1.29 is 9.53 Å². The number of hydrogen-bond acceptors (Lipinski definition) is 5. The summed E-state index contributed by atoms with van der Waals surface area (Å²) in [5.41, 5.74) is 6.09. The van der Waals surface area contributed by atoms with Crippen LogP contribution in [0.3, 0.4) is 0 Å². The van der Waals surface area contributed by atoms with Crippen LogP contribution in [0.25, 0.3) is 0 Å². The van der Waals surface area contributed by atoms with Gasteiger partial charge < -0.3 is 15.8 Å². The van der Waals surface area contributed by atoms with Crippen molar-refractivity contribution in [2.24, 2.45) is 5.73 Å². The van der Waals surface area contributed by atoms with Crippen molar-refractivity contribution in [1.82, 2.24) is 14.9 Å². The molecule has 2 heterocycles. The van der Waals surface area contributed by atoms with Crippen LogP contribution < -0.4 is 22.3 Å². The first-order valence-electron chi connectivity index (χ1n) is 8.02. The number of ether oxygens (including phenoxy) is 1. The van der Waals surface area contributed by atoms with Gasteiger partial charge in [0.2, 0.25) is 0 Å². The van der Waals surface area contributed by atoms with Crippen LogP contribution in [-0.2, 0) is 4.74 Å². The Bertz CT molecular complexity index is 874. The van der Waals surface area contributed by atoms with Crippen LogP contribution in [-0.4, -0.2) is 34.1 Å². The number of benzene rings is 1. The Hall–Kier alpha value is -2.71. The molecule has 1 fully saturated rings. The van der Waals surface area contributed by atoms with E-state index in [-0.39, 0.29) is 18.5 Å². The topological polar surface area (TPSA) is 119 Å². The highest BCUT2D eigenvalue weighted by molar-refractivity contribution is 5.94. The van der Waals surface area contributed by atoms with E-state index in [0.29, 0.717) is 17.5 Å². The number of aryl methyl sites for hydroxylation is 1. The van der Waals surface area contributed by atoms with Crippen molar-refractivity contribution in [1.29, 1.82) is 0 Å². The molecule has 0 unspecified atom stereocenters. The van der Waals surface area contributed by atoms with Gasteiger partial charge in [-0.15, -0.1) is 0 Å². The fourth-order valence-electron chi connectivity index (χ4n) is 2.81. The molecule has 8 nitrogen and oxygen atoms in total. The van der Waals surface area contributed by atoms with Crippen LogP contribution in [0.1, 0.15) is 28.6 Å². The molecular formula is C17H20N4O4. The molecule has 2 aromatic rings. The maximum absolute atomic E-state index is 12.1. The lowest BCUT2D eigenvalue weighted by molar-refractivity contribution is -0.00182. The first-order valence-corrected chi connectivity index (χ1v) is 8.02. The van der Waals surface area contributed by atoms with Gasteiger partial charge in [-0.1, -0.05) is 18.2 Å². The number of nitrogens with zero attached hydrogens (tertiary/aromatic N) is 1. The third-order valence-electron chi connectivity index (χ3n) is 4.24. The lowest BCUT2D eigenvalue weighted by atomic mass is 10.1. The van der Waals surface area contributed by atoms with Crippen molar-refractivity contribution in [3.05, 3.63) is 68.5 Å². The quantitative estimate of drug-likeness (QED) is 0.715. The summed E-state index contributed by atoms with van der Waals surface area (Å²) in [5.74, 6) is -0.211. The zero-order valence-corrected chi connectivity index (χ0v) is 13.8. The third-order valence-corrected chi connectivity index (χ3v) is 4.24. The van der Waals surface area contributed by atoms with Crippen LogP contribution in [0.4, 0.5) is 0 Å². The van der Waals surface area contributed by atoms with E-state index < -0.39 is 23.6 Å². The maximum Gasteiger partial charge on any atom is 0.330 e. The lowest BCUT2D eigenvalue weighted by Crippen LogP contribution is -2.40. The van der Waals surface area contributed by atoms with E-state index in [1.807, 2.05) is 6.07 Å². The van der Waals surface area contributed by atoms with Gasteiger partial charge in [0.1, 0.15) is 6.23 Å². The van der Waals surface area contributed by atoms with Crippen molar-refractivity contribution in [3.63, 3.8) is 0 Å². The summed E-state index contributed by atoms with van der Waals surface area (Å²) in [4.78, 5) is 37.8. The van der Waals surface area contributed by atoms with Crippen LogP contribution in [0.15, 0.2) is 46.1 Å². The molecule has 8 heteroatoms. The van der Waals surface area contributed by atoms with Gasteiger partial charge in [0.25, 0.3) is 11.5 Å². The minimum atomic E-state index is -0.573. The molecule has 25 heavy (non-hydrogen) atoms. The Labute approximate surface area is 143 Å². The second kappa shape index (κ2) is 7.04. The van der Waals surface area contributed by atoms with Gasteiger partial charge in [-0.2, -0.15) is 0 Å². The normalized spacial score (nSPS) is 22.7. The molecule has 1 amide bonds. The zero-order valence-electron chi connectivity index (χ0n) is 13.8. The highest BCUT2D eigenvalue weighted by Gasteiger charge is 2.34. The van der Waals surface area contributed by atoms with E-state index >= 15 is 0 Å². The van der Waals surface area contributed by atoms with Crippen LogP contribution in [0.5, 0.6) is 0 Å². The zero-order chi connectivity index (χ0) is 18.0. The summed E-state index contributed by atoms with van der Waals surface area (Å²) in [6.07, 6.45) is 0.884. The summed E-state index contributed by atoms with van der Waals surface area (Å²) in [5, 5.41) is 2.79. The van der Waals surface area contributed by atoms with E-state index in [0.717, 1.165) is 0 Å². The molecule has 1 aliphatic heterocycles. The minimum Gasteiger partial charge on any atom is -0.351 e. The number of nitrogens with one attached hydrogen (secondary N) is 2. The Morgan fingerprint density at radius 3 is 2.80 bits per heavy atom. The number of aromatic amines is 1. The number of hydrogen-bond donors (Lipinski definition) is 3. The van der Waals surface area contributed by atoms with Crippen molar-refractivity contribution in [2.75, 3.05) is 6.54 Å². The van der Waals surface area contributed by atoms with Crippen LogP contribution in [0.2, 0.25) is 0 Å². The molecule has 0 bridgehead atoms. The van der Waals surface area contributed by atoms with Crippen molar-refractivity contribution in [2.45, 2.75) is 31.7 Å². The van der Waals surface area contributed by atoms with E-state index in [1.165, 1.54) is 10.8 Å². The molecule has 1 saturated heterocycles. The van der Waals surface area contributed by atoms with Gasteiger partial charge in [-0.3, -0.25) is 19.1 Å². The van der Waals surface area contributed by atoms with Gasteiger partial charge >= 0.3 is 5.69 Å². The largest absolute Gasteiger partial charge is 0.351 e. The molecule has 4 N–H and O–H groups in total. The molecule has 0 saturated carbocycles. The van der Waals surface area contributed by atoms with Gasteiger partial charge in [0.05, 0.1) is 6.10 Å². The van der Waals surface area contributed by atoms with E-state index in [9.17, 15) is 14.4 Å². The fourth-order valence-corrected chi connectivity index (χ4v) is 2.81. The average molecular weight is 344 g/mol. The monoisotopic (exact) mass is 344 g/mol. The Kier molecular flexibility index (Phi) is 4.82. The third kappa shape index (κ3) is 3.70. The molecule has 0 aliphatic carbocycles. The number of rotatable bonds is 4. The molecule has 1 aliphatic rings. The number of H-pyrrole nitrogens is 1. The molecule has 3 rings (SSSR count). The van der Waals surface area contributed by atoms with Crippen LogP contribution >= 0.6 is 0 Å². The predicted molar refractivity (Wildman–Crippen MR) is 91.3 cm³/mol. The smallest absolute Gasteiger partial charge is 0.330 e. The lowest BCUT2D eigenvalue weighted by Gasteiger charge is -2.17. The number of nitrogens with two attached hydrogens (primary N) is 1. The molecule has 1 aromatic heterocycles. The van der Waals surface area contributed by atoms with Crippen LogP contribution in [0, 0.1) is 6.92 Å². The van der Waals surface area contributed by atoms with Gasteiger partial charge in [0, 0.05) is 36.3 Å². The first-order chi connectivity index (χ1) is 12.0. The Morgan fingerprint density at radius 1 is 1.36 bits per heavy atom. The highest BCUT2D eigenvalue weighted by atomic mass is 16.5. The SMILES string of the molecule is Cc1cn([C@H]2C[C@H](N)[C@@H](CNC(=O)c3ccccc3)O2)c(=O)[nH]c1=O. The predicted octanol–water partition coefficient (Wildman–Crippen LogP) is -0.110. The number of amides is 1. The minimum absolute atomic E-state index is 0.211. The van der Waals surface area contributed by atoms with Gasteiger partial charge in [0.15, 0.2) is 0 Å². The molecule has 3 atom stereocenters. The summed E-state index contributed by atoms with van der Waals surface area (Å²) < 4.78 is 7.15. The standard InChI is InChI=1S/C17H20N4O4/c1-10-9-21(17(24)20-15(10)22)14-7-12(18)13(25-14)8-19-16(23)11-5-3-2-4-6-11/h2-6,9,12-14H,7-8,18H2,1H3,(H,19,23)(H,20,22,24)/t12-,13+,14+/m0/s1. The Balaban J connectivity index is 1.66. The summed E-state index contributed by atoms with van der Waals surface area (Å²) in [6.45, 7) is 1.85. The van der Waals surface area contributed by atoms with E-state index in [1.54, 1.807) is 31.2 Å². The number of carbonyl (C=O) groups is 1. The second-order valence-corrected chi connectivity index (χ2v) is 6.08. The van der Waals surface area contributed by atoms with E-state index in [2.05, 4.69) is 10.3 Å².